The summed E-state index contributed by atoms with van der Waals surface area (Å²) in [5.41, 5.74) is 1.31. The van der Waals surface area contributed by atoms with Gasteiger partial charge in [-0.2, -0.15) is 0 Å². The van der Waals surface area contributed by atoms with Gasteiger partial charge >= 0.3 is 5.97 Å². The van der Waals surface area contributed by atoms with Crippen molar-refractivity contribution in [3.63, 3.8) is 0 Å². The van der Waals surface area contributed by atoms with Gasteiger partial charge in [0.25, 0.3) is 0 Å². The summed E-state index contributed by atoms with van der Waals surface area (Å²) >= 11 is 0. The third-order valence-electron chi connectivity index (χ3n) is 3.23. The van der Waals surface area contributed by atoms with E-state index < -0.39 is 5.97 Å². The zero-order chi connectivity index (χ0) is 13.2. The van der Waals surface area contributed by atoms with Crippen LogP contribution in [0.3, 0.4) is 0 Å². The molecule has 1 heterocycles. The van der Waals surface area contributed by atoms with Crippen molar-refractivity contribution >= 4 is 5.97 Å². The first-order valence-electron chi connectivity index (χ1n) is 6.19. The van der Waals surface area contributed by atoms with Crippen molar-refractivity contribution in [3.8, 4) is 17.0 Å². The highest BCUT2D eigenvalue weighted by atomic mass is 16.5. The monoisotopic (exact) mass is 259 g/mol. The number of carbonyl (C=O) groups is 1. The van der Waals surface area contributed by atoms with Gasteiger partial charge in [0, 0.05) is 11.6 Å². The average molecular weight is 259 g/mol. The lowest BCUT2D eigenvalue weighted by Gasteiger charge is -2.26. The van der Waals surface area contributed by atoms with E-state index in [1.807, 2.05) is 24.3 Å². The van der Waals surface area contributed by atoms with E-state index in [4.69, 9.17) is 14.4 Å². The van der Waals surface area contributed by atoms with Crippen molar-refractivity contribution in [2.24, 2.45) is 0 Å². The summed E-state index contributed by atoms with van der Waals surface area (Å²) in [4.78, 5) is 10.7. The Morgan fingerprint density at radius 3 is 2.58 bits per heavy atom. The Hall–Kier alpha value is -2.30. The van der Waals surface area contributed by atoms with Crippen molar-refractivity contribution in [2.75, 3.05) is 0 Å². The number of carboxylic acids is 1. The second-order valence-electron chi connectivity index (χ2n) is 4.58. The van der Waals surface area contributed by atoms with E-state index in [0.29, 0.717) is 11.8 Å². The van der Waals surface area contributed by atoms with E-state index in [1.165, 1.54) is 12.5 Å². The molecule has 0 spiro atoms. The molecular formula is C14H13NO4. The number of aromatic nitrogens is 1. The Bertz CT molecular complexity index is 584. The third kappa shape index (κ3) is 2.45. The molecule has 1 saturated carbocycles. The Kier molecular flexibility index (Phi) is 2.95. The van der Waals surface area contributed by atoms with E-state index in [0.717, 1.165) is 24.2 Å². The lowest BCUT2D eigenvalue weighted by molar-refractivity contribution is 0.0652. The minimum Gasteiger partial charge on any atom is -0.490 e. The maximum Gasteiger partial charge on any atom is 0.374 e. The summed E-state index contributed by atoms with van der Waals surface area (Å²) < 4.78 is 10.5. The molecule has 1 aliphatic carbocycles. The molecule has 1 aromatic heterocycles. The quantitative estimate of drug-likeness (QED) is 0.913. The second-order valence-corrected chi connectivity index (χ2v) is 4.58. The Balaban J connectivity index is 1.75. The third-order valence-corrected chi connectivity index (χ3v) is 3.23. The molecule has 1 aromatic carbocycles. The number of hydrogen-bond donors (Lipinski definition) is 1. The first kappa shape index (κ1) is 11.8. The Morgan fingerprint density at radius 1 is 1.32 bits per heavy atom. The van der Waals surface area contributed by atoms with E-state index in [-0.39, 0.29) is 5.76 Å². The van der Waals surface area contributed by atoms with Crippen LogP contribution in [-0.4, -0.2) is 22.3 Å². The SMILES string of the molecule is O=C(O)c1cc(-c2ccc(OC3CCC3)cc2)no1. The number of ether oxygens (including phenoxy) is 1. The summed E-state index contributed by atoms with van der Waals surface area (Å²) in [7, 11) is 0. The molecule has 1 fully saturated rings. The lowest BCUT2D eigenvalue weighted by atomic mass is 9.96. The van der Waals surface area contributed by atoms with Crippen molar-refractivity contribution < 1.29 is 19.2 Å². The number of benzene rings is 1. The maximum atomic E-state index is 10.7. The molecule has 3 rings (SSSR count). The molecule has 98 valence electrons. The topological polar surface area (TPSA) is 72.6 Å². The van der Waals surface area contributed by atoms with Crippen molar-refractivity contribution in [1.82, 2.24) is 5.16 Å². The molecule has 0 saturated heterocycles. The first-order valence-corrected chi connectivity index (χ1v) is 6.19. The minimum absolute atomic E-state index is 0.162. The van der Waals surface area contributed by atoms with Crippen LogP contribution in [0.4, 0.5) is 0 Å². The zero-order valence-electron chi connectivity index (χ0n) is 10.2. The van der Waals surface area contributed by atoms with E-state index in [9.17, 15) is 4.79 Å². The first-order chi connectivity index (χ1) is 9.22. The van der Waals surface area contributed by atoms with Crippen molar-refractivity contribution in [1.29, 1.82) is 0 Å². The fourth-order valence-electron chi connectivity index (χ4n) is 1.90. The van der Waals surface area contributed by atoms with Gasteiger partial charge in [-0.1, -0.05) is 5.16 Å². The highest BCUT2D eigenvalue weighted by molar-refractivity contribution is 5.85. The molecule has 19 heavy (non-hydrogen) atoms. The number of hydrogen-bond acceptors (Lipinski definition) is 4. The molecule has 1 N–H and O–H groups in total. The Labute approximate surface area is 109 Å². The standard InChI is InChI=1S/C14H13NO4/c16-14(17)13-8-12(15-19-13)9-4-6-11(7-5-9)18-10-2-1-3-10/h4-8,10H,1-3H2,(H,16,17). The van der Waals surface area contributed by atoms with Gasteiger partial charge in [0.2, 0.25) is 5.76 Å². The molecule has 5 heteroatoms. The number of rotatable bonds is 4. The molecule has 0 unspecified atom stereocenters. The van der Waals surface area contributed by atoms with Crippen LogP contribution in [0.15, 0.2) is 34.9 Å². The highest BCUT2D eigenvalue weighted by Crippen LogP contribution is 2.27. The second kappa shape index (κ2) is 4.76. The molecule has 0 amide bonds. The van der Waals surface area contributed by atoms with Crippen molar-refractivity contribution in [2.45, 2.75) is 25.4 Å². The van der Waals surface area contributed by atoms with Crippen LogP contribution in [0.1, 0.15) is 29.8 Å². The van der Waals surface area contributed by atoms with Crippen LogP contribution in [0, 0.1) is 0 Å². The minimum atomic E-state index is -1.12. The van der Waals surface area contributed by atoms with E-state index in [2.05, 4.69) is 5.16 Å². The van der Waals surface area contributed by atoms with Crippen LogP contribution >= 0.6 is 0 Å². The Morgan fingerprint density at radius 2 is 2.05 bits per heavy atom. The molecule has 0 bridgehead atoms. The summed E-state index contributed by atoms with van der Waals surface area (Å²) in [6, 6.07) is 8.82. The largest absolute Gasteiger partial charge is 0.490 e. The van der Waals surface area contributed by atoms with E-state index >= 15 is 0 Å². The highest BCUT2D eigenvalue weighted by Gasteiger charge is 2.19. The molecule has 0 radical (unpaired) electrons. The maximum absolute atomic E-state index is 10.7. The zero-order valence-corrected chi connectivity index (χ0v) is 10.2. The summed E-state index contributed by atoms with van der Waals surface area (Å²) in [6.07, 6.45) is 3.82. The van der Waals surface area contributed by atoms with Crippen LogP contribution in [0.25, 0.3) is 11.3 Å². The predicted octanol–water partition coefficient (Wildman–Crippen LogP) is 2.97. The summed E-state index contributed by atoms with van der Waals surface area (Å²) in [5.74, 6) is -0.455. The molecule has 0 atom stereocenters. The van der Waals surface area contributed by atoms with Gasteiger partial charge in [-0.05, 0) is 43.5 Å². The fraction of sp³-hybridized carbons (Fsp3) is 0.286. The van der Waals surface area contributed by atoms with Gasteiger partial charge < -0.3 is 14.4 Å². The van der Waals surface area contributed by atoms with Crippen LogP contribution in [-0.2, 0) is 0 Å². The normalized spacial score (nSPS) is 14.9. The van der Waals surface area contributed by atoms with Gasteiger partial charge in [0.15, 0.2) is 0 Å². The molecule has 1 aliphatic rings. The smallest absolute Gasteiger partial charge is 0.374 e. The summed E-state index contributed by atoms with van der Waals surface area (Å²) in [5, 5.41) is 12.5. The number of carboxylic acid groups (broad SMARTS) is 1. The van der Waals surface area contributed by atoms with Gasteiger partial charge in [-0.3, -0.25) is 0 Å². The fourth-order valence-corrected chi connectivity index (χ4v) is 1.90. The average Bonchev–Trinajstić information content (AvgIpc) is 2.84. The molecule has 2 aromatic rings. The number of nitrogens with zero attached hydrogens (tertiary/aromatic N) is 1. The van der Waals surface area contributed by atoms with E-state index in [1.54, 1.807) is 0 Å². The number of aromatic carboxylic acids is 1. The summed E-state index contributed by atoms with van der Waals surface area (Å²) in [6.45, 7) is 0. The van der Waals surface area contributed by atoms with Crippen LogP contribution in [0.5, 0.6) is 5.75 Å². The lowest BCUT2D eigenvalue weighted by Crippen LogP contribution is -2.24. The van der Waals surface area contributed by atoms with Crippen LogP contribution in [0.2, 0.25) is 0 Å². The van der Waals surface area contributed by atoms with Gasteiger partial charge in [0.05, 0.1) is 6.10 Å². The molecular weight excluding hydrogens is 246 g/mol. The molecule has 5 nitrogen and oxygen atoms in total. The van der Waals surface area contributed by atoms with Crippen molar-refractivity contribution in [3.05, 3.63) is 36.1 Å². The van der Waals surface area contributed by atoms with Gasteiger partial charge in [0.1, 0.15) is 11.4 Å². The van der Waals surface area contributed by atoms with Gasteiger partial charge in [-0.25, -0.2) is 4.79 Å². The molecule has 0 aliphatic heterocycles. The predicted molar refractivity (Wildman–Crippen MR) is 67.2 cm³/mol. The van der Waals surface area contributed by atoms with Gasteiger partial charge in [-0.15, -0.1) is 0 Å². The van der Waals surface area contributed by atoms with Crippen LogP contribution < -0.4 is 4.74 Å².